The Labute approximate surface area is 145 Å². The number of amides is 1. The first-order valence-corrected chi connectivity index (χ1v) is 8.86. The molecule has 0 unspecified atom stereocenters. The van der Waals surface area contributed by atoms with Gasteiger partial charge in [0, 0.05) is 10.2 Å². The van der Waals surface area contributed by atoms with Gasteiger partial charge in [0.2, 0.25) is 9.84 Å². The molecule has 0 aliphatic carbocycles. The molecule has 0 aliphatic rings. The molecule has 0 saturated heterocycles. The molecule has 0 heterocycles. The normalized spacial score (nSPS) is 11.4. The lowest BCUT2D eigenvalue weighted by atomic mass is 10.2. The maximum Gasteiger partial charge on any atom is 0.341 e. The lowest BCUT2D eigenvalue weighted by Gasteiger charge is -2.09. The second-order valence-electron chi connectivity index (χ2n) is 4.63. The van der Waals surface area contributed by atoms with Gasteiger partial charge in [-0.05, 0) is 58.4 Å². The molecule has 128 valence electrons. The van der Waals surface area contributed by atoms with E-state index in [2.05, 4.69) is 21.2 Å². The van der Waals surface area contributed by atoms with E-state index in [0.717, 1.165) is 12.1 Å². The van der Waals surface area contributed by atoms with Crippen LogP contribution in [0.4, 0.5) is 14.5 Å². The third-order valence-electron chi connectivity index (χ3n) is 3.09. The van der Waals surface area contributed by atoms with Gasteiger partial charge in [-0.1, -0.05) is 0 Å². The summed E-state index contributed by atoms with van der Waals surface area (Å²) in [5, 5.41) is 2.55. The first-order chi connectivity index (χ1) is 11.3. The number of hydrogen-bond acceptors (Lipinski definition) is 4. The largest absolute Gasteiger partial charge is 0.497 e. The van der Waals surface area contributed by atoms with Crippen LogP contribution < -0.4 is 10.1 Å². The highest BCUT2D eigenvalue weighted by molar-refractivity contribution is 9.10. The van der Waals surface area contributed by atoms with Crippen molar-refractivity contribution in [2.45, 2.75) is 10.7 Å². The number of nitrogens with one attached hydrogen (secondary N) is 1. The van der Waals surface area contributed by atoms with Crippen LogP contribution in [0.3, 0.4) is 0 Å². The highest BCUT2D eigenvalue weighted by Gasteiger charge is 2.26. The molecular formula is C15H12BrF2NO4S. The minimum absolute atomic E-state index is 0.267. The molecule has 24 heavy (non-hydrogen) atoms. The van der Waals surface area contributed by atoms with Crippen molar-refractivity contribution in [3.8, 4) is 5.75 Å². The number of hydrogen-bond donors (Lipinski definition) is 1. The maximum absolute atomic E-state index is 12.5. The van der Waals surface area contributed by atoms with Crippen molar-refractivity contribution in [2.24, 2.45) is 0 Å². The number of ether oxygens (including phenoxy) is 1. The SMILES string of the molecule is COc1ccc(Br)c(C(=O)Nc2ccc(S(=O)(=O)C(F)F)cc2)c1. The van der Waals surface area contributed by atoms with E-state index in [0.29, 0.717) is 15.8 Å². The van der Waals surface area contributed by atoms with Gasteiger partial charge in [-0.25, -0.2) is 8.42 Å². The number of rotatable bonds is 5. The van der Waals surface area contributed by atoms with Gasteiger partial charge in [0.25, 0.3) is 5.91 Å². The number of methoxy groups -OCH3 is 1. The summed E-state index contributed by atoms with van der Waals surface area (Å²) in [4.78, 5) is 11.7. The van der Waals surface area contributed by atoms with Gasteiger partial charge in [-0.15, -0.1) is 0 Å². The molecule has 0 fully saturated rings. The number of halogens is 3. The van der Waals surface area contributed by atoms with E-state index < -0.39 is 26.4 Å². The molecule has 1 amide bonds. The molecule has 9 heteroatoms. The van der Waals surface area contributed by atoms with Crippen molar-refractivity contribution < 1.29 is 26.7 Å². The maximum atomic E-state index is 12.5. The van der Waals surface area contributed by atoms with Gasteiger partial charge in [0.05, 0.1) is 17.6 Å². The zero-order valence-corrected chi connectivity index (χ0v) is 14.7. The van der Waals surface area contributed by atoms with E-state index in [4.69, 9.17) is 4.74 Å². The number of carbonyl (C=O) groups excluding carboxylic acids is 1. The van der Waals surface area contributed by atoms with Crippen LogP contribution in [0.25, 0.3) is 0 Å². The van der Waals surface area contributed by atoms with Crippen molar-refractivity contribution in [3.63, 3.8) is 0 Å². The third kappa shape index (κ3) is 3.90. The minimum atomic E-state index is -4.66. The van der Waals surface area contributed by atoms with Crippen LogP contribution in [0.15, 0.2) is 51.8 Å². The first-order valence-electron chi connectivity index (χ1n) is 6.52. The molecule has 0 spiro atoms. The summed E-state index contributed by atoms with van der Waals surface area (Å²) in [6, 6.07) is 9.34. The molecule has 1 N–H and O–H groups in total. The van der Waals surface area contributed by atoms with E-state index in [1.54, 1.807) is 12.1 Å². The zero-order valence-electron chi connectivity index (χ0n) is 12.3. The summed E-state index contributed by atoms with van der Waals surface area (Å²) in [5.41, 5.74) is 0.571. The third-order valence-corrected chi connectivity index (χ3v) is 5.18. The summed E-state index contributed by atoms with van der Waals surface area (Å²) in [6.45, 7) is 0. The zero-order chi connectivity index (χ0) is 17.9. The fraction of sp³-hybridized carbons (Fsp3) is 0.133. The Morgan fingerprint density at radius 2 is 1.79 bits per heavy atom. The number of benzene rings is 2. The van der Waals surface area contributed by atoms with Crippen molar-refractivity contribution in [3.05, 3.63) is 52.5 Å². The van der Waals surface area contributed by atoms with E-state index in [9.17, 15) is 22.0 Å². The average molecular weight is 420 g/mol. The Balaban J connectivity index is 2.22. The van der Waals surface area contributed by atoms with Crippen LogP contribution in [0.2, 0.25) is 0 Å². The van der Waals surface area contributed by atoms with Crippen LogP contribution in [0.5, 0.6) is 5.75 Å². The second-order valence-corrected chi connectivity index (χ2v) is 7.40. The lowest BCUT2D eigenvalue weighted by molar-refractivity contribution is 0.102. The highest BCUT2D eigenvalue weighted by Crippen LogP contribution is 2.24. The molecule has 5 nitrogen and oxygen atoms in total. The molecule has 0 bridgehead atoms. The van der Waals surface area contributed by atoms with Gasteiger partial charge in [-0.2, -0.15) is 8.78 Å². The molecule has 2 aromatic carbocycles. The summed E-state index contributed by atoms with van der Waals surface area (Å²) in [5.74, 6) is -3.47. The van der Waals surface area contributed by atoms with Crippen molar-refractivity contribution in [2.75, 3.05) is 12.4 Å². The number of sulfone groups is 1. The minimum Gasteiger partial charge on any atom is -0.497 e. The standard InChI is InChI=1S/C15H12BrF2NO4S/c1-23-10-4-7-13(16)12(8-10)14(20)19-9-2-5-11(6-3-9)24(21,22)15(17)18/h2-8,15H,1H3,(H,19,20). The Morgan fingerprint density at radius 1 is 1.17 bits per heavy atom. The number of carbonyl (C=O) groups is 1. The molecule has 0 aliphatic heterocycles. The van der Waals surface area contributed by atoms with Gasteiger partial charge in [0.15, 0.2) is 0 Å². The van der Waals surface area contributed by atoms with Crippen molar-refractivity contribution in [1.29, 1.82) is 0 Å². The van der Waals surface area contributed by atoms with Crippen LogP contribution in [0.1, 0.15) is 10.4 Å². The highest BCUT2D eigenvalue weighted by atomic mass is 79.9. The molecule has 0 atom stereocenters. The number of alkyl halides is 2. The Hall–Kier alpha value is -2.00. The summed E-state index contributed by atoms with van der Waals surface area (Å²) < 4.78 is 53.2. The van der Waals surface area contributed by atoms with Crippen molar-refractivity contribution in [1.82, 2.24) is 0 Å². The van der Waals surface area contributed by atoms with E-state index >= 15 is 0 Å². The fourth-order valence-electron chi connectivity index (χ4n) is 1.83. The predicted molar refractivity (Wildman–Crippen MR) is 88.3 cm³/mol. The van der Waals surface area contributed by atoms with Gasteiger partial charge in [-0.3, -0.25) is 4.79 Å². The Bertz CT molecular complexity index is 854. The summed E-state index contributed by atoms with van der Waals surface area (Å²) in [7, 11) is -3.19. The lowest BCUT2D eigenvalue weighted by Crippen LogP contribution is -2.14. The number of anilines is 1. The van der Waals surface area contributed by atoms with E-state index in [1.165, 1.54) is 25.3 Å². The van der Waals surface area contributed by atoms with Gasteiger partial charge >= 0.3 is 5.76 Å². The summed E-state index contributed by atoms with van der Waals surface area (Å²) >= 11 is 3.25. The predicted octanol–water partition coefficient (Wildman–Crippen LogP) is 3.71. The molecule has 2 rings (SSSR count). The molecule has 0 saturated carbocycles. The average Bonchev–Trinajstić information content (AvgIpc) is 2.55. The second kappa shape index (κ2) is 7.27. The molecule has 0 aromatic heterocycles. The van der Waals surface area contributed by atoms with Crippen LogP contribution in [-0.4, -0.2) is 27.2 Å². The molecule has 0 radical (unpaired) electrons. The topological polar surface area (TPSA) is 72.5 Å². The smallest absolute Gasteiger partial charge is 0.341 e. The Morgan fingerprint density at radius 3 is 2.33 bits per heavy atom. The Kier molecular flexibility index (Phi) is 5.55. The summed E-state index contributed by atoms with van der Waals surface area (Å²) in [6.07, 6.45) is 0. The van der Waals surface area contributed by atoms with E-state index in [-0.39, 0.29) is 5.69 Å². The quantitative estimate of drug-likeness (QED) is 0.801. The molecular weight excluding hydrogens is 408 g/mol. The van der Waals surface area contributed by atoms with Crippen molar-refractivity contribution >= 4 is 37.4 Å². The first kappa shape index (κ1) is 18.3. The van der Waals surface area contributed by atoms with Crippen LogP contribution >= 0.6 is 15.9 Å². The fourth-order valence-corrected chi connectivity index (χ4v) is 2.98. The van der Waals surface area contributed by atoms with E-state index in [1.807, 2.05) is 0 Å². The van der Waals surface area contributed by atoms with Crippen LogP contribution in [0, 0.1) is 0 Å². The van der Waals surface area contributed by atoms with Gasteiger partial charge < -0.3 is 10.1 Å². The molecule has 2 aromatic rings. The monoisotopic (exact) mass is 419 g/mol. The van der Waals surface area contributed by atoms with Gasteiger partial charge in [0.1, 0.15) is 5.75 Å². The van der Waals surface area contributed by atoms with Crippen LogP contribution in [-0.2, 0) is 9.84 Å².